The van der Waals surface area contributed by atoms with Crippen LogP contribution in [-0.2, 0) is 4.79 Å². The van der Waals surface area contributed by atoms with Gasteiger partial charge in [0.1, 0.15) is 11.9 Å². The first-order valence-corrected chi connectivity index (χ1v) is 9.77. The van der Waals surface area contributed by atoms with Crippen molar-refractivity contribution in [2.75, 3.05) is 12.4 Å². The van der Waals surface area contributed by atoms with Crippen LogP contribution in [0.4, 0.5) is 5.82 Å². The van der Waals surface area contributed by atoms with Gasteiger partial charge < -0.3 is 20.1 Å². The van der Waals surface area contributed by atoms with Gasteiger partial charge in [-0.1, -0.05) is 5.92 Å². The molecule has 0 saturated heterocycles. The number of Topliss-reactive ketones (excluding diaryl/α,β-unsaturated/α-hetero) is 1. The number of aromatic nitrogens is 4. The second-order valence-corrected chi connectivity index (χ2v) is 7.51. The minimum atomic E-state index is -1.11. The van der Waals surface area contributed by atoms with Gasteiger partial charge in [0, 0.05) is 23.9 Å². The van der Waals surface area contributed by atoms with E-state index in [1.807, 2.05) is 16.8 Å². The van der Waals surface area contributed by atoms with Gasteiger partial charge in [0.25, 0.3) is 0 Å². The first kappa shape index (κ1) is 18.6. The maximum atomic E-state index is 11.8. The molecule has 3 aromatic rings. The highest BCUT2D eigenvalue weighted by molar-refractivity contribution is 7.08. The molecular formula is C19H19N5O3S. The van der Waals surface area contributed by atoms with Gasteiger partial charge in [-0.3, -0.25) is 4.79 Å². The van der Waals surface area contributed by atoms with E-state index in [0.29, 0.717) is 29.2 Å². The molecule has 9 heteroatoms. The van der Waals surface area contributed by atoms with Crippen molar-refractivity contribution in [3.63, 3.8) is 0 Å². The van der Waals surface area contributed by atoms with Crippen LogP contribution in [0.2, 0.25) is 0 Å². The Hall–Kier alpha value is -2.80. The van der Waals surface area contributed by atoms with Gasteiger partial charge in [-0.05, 0) is 30.7 Å². The number of nitrogens with one attached hydrogen (secondary N) is 1. The van der Waals surface area contributed by atoms with Crippen LogP contribution in [-0.4, -0.2) is 54.8 Å². The third-order valence-corrected chi connectivity index (χ3v) is 5.71. The van der Waals surface area contributed by atoms with Crippen molar-refractivity contribution in [3.05, 3.63) is 34.5 Å². The molecule has 3 heterocycles. The summed E-state index contributed by atoms with van der Waals surface area (Å²) in [6.45, 7) is 1.43. The molecule has 3 aromatic heterocycles. The first-order chi connectivity index (χ1) is 13.5. The first-order valence-electron chi connectivity index (χ1n) is 8.82. The smallest absolute Gasteiger partial charge is 0.209 e. The Morgan fingerprint density at radius 1 is 1.32 bits per heavy atom. The van der Waals surface area contributed by atoms with Gasteiger partial charge in [0.2, 0.25) is 5.82 Å². The second-order valence-electron chi connectivity index (χ2n) is 6.73. The van der Waals surface area contributed by atoms with Crippen LogP contribution in [0.25, 0.3) is 11.2 Å². The van der Waals surface area contributed by atoms with E-state index >= 15 is 0 Å². The average molecular weight is 397 g/mol. The summed E-state index contributed by atoms with van der Waals surface area (Å²) in [5.74, 6) is 6.06. The topological polar surface area (TPSA) is 113 Å². The summed E-state index contributed by atoms with van der Waals surface area (Å²) in [5, 5.41) is 27.6. The molecule has 1 unspecified atom stereocenters. The largest absolute Gasteiger partial charge is 0.390 e. The van der Waals surface area contributed by atoms with E-state index < -0.39 is 24.2 Å². The molecule has 0 radical (unpaired) electrons. The quantitative estimate of drug-likeness (QED) is 0.569. The van der Waals surface area contributed by atoms with E-state index in [-0.39, 0.29) is 5.78 Å². The van der Waals surface area contributed by atoms with Gasteiger partial charge in [0.05, 0.1) is 18.5 Å². The monoisotopic (exact) mass is 397 g/mol. The Balaban J connectivity index is 1.78. The number of aliphatic hydroxyl groups excluding tert-OH is 2. The Bertz CT molecular complexity index is 1080. The highest BCUT2D eigenvalue weighted by Gasteiger charge is 2.45. The zero-order valence-electron chi connectivity index (χ0n) is 15.3. The molecule has 1 saturated carbocycles. The predicted octanol–water partition coefficient (Wildman–Crippen LogP) is 1.20. The number of imidazole rings is 1. The molecule has 0 amide bonds. The summed E-state index contributed by atoms with van der Waals surface area (Å²) in [4.78, 5) is 25.1. The molecule has 4 atom stereocenters. The zero-order valence-corrected chi connectivity index (χ0v) is 16.1. The summed E-state index contributed by atoms with van der Waals surface area (Å²) in [6.07, 6.45) is -0.319. The molecule has 0 bridgehead atoms. The molecule has 0 aromatic carbocycles. The third-order valence-electron chi connectivity index (χ3n) is 5.03. The lowest BCUT2D eigenvalue weighted by molar-refractivity contribution is -0.124. The SMILES string of the molecule is CNc1nc(C#Cc2ccsc2)nc2c1ncn2[C@@H]1C[C@H](C(C)=O)C(O)[C@H]1O. The molecule has 1 fully saturated rings. The van der Waals surface area contributed by atoms with Crippen LogP contribution in [0.15, 0.2) is 23.2 Å². The maximum absolute atomic E-state index is 11.8. The number of anilines is 1. The Morgan fingerprint density at radius 2 is 2.14 bits per heavy atom. The van der Waals surface area contributed by atoms with Crippen LogP contribution in [0.5, 0.6) is 0 Å². The minimum absolute atomic E-state index is 0.147. The standard InChI is InChI=1S/C19H19N5O3S/c1-10(25)12-7-13(17(27)16(12)26)24-9-21-15-18(20-2)22-14(23-19(15)24)4-3-11-5-6-28-8-11/h5-6,8-9,12-13,16-17,26-27H,7H2,1-2H3,(H,20,22,23)/t12-,13-,16?,17+/m1/s1. The van der Waals surface area contributed by atoms with Crippen molar-refractivity contribution in [1.29, 1.82) is 0 Å². The second kappa shape index (κ2) is 7.31. The highest BCUT2D eigenvalue weighted by atomic mass is 32.1. The average Bonchev–Trinajstić information content (AvgIpc) is 3.40. The molecule has 28 heavy (non-hydrogen) atoms. The molecule has 1 aliphatic carbocycles. The molecule has 1 aliphatic rings. The van der Waals surface area contributed by atoms with Crippen LogP contribution in [0, 0.1) is 17.8 Å². The van der Waals surface area contributed by atoms with E-state index in [4.69, 9.17) is 0 Å². The normalized spacial score (nSPS) is 24.1. The van der Waals surface area contributed by atoms with Crippen LogP contribution in [0.1, 0.15) is 30.8 Å². The number of carbonyl (C=O) groups excluding carboxylic acids is 1. The summed E-state index contributed by atoms with van der Waals surface area (Å²) < 4.78 is 1.70. The van der Waals surface area contributed by atoms with E-state index in [2.05, 4.69) is 32.1 Å². The summed E-state index contributed by atoms with van der Waals surface area (Å²) >= 11 is 1.56. The number of fused-ring (bicyclic) bond motifs is 1. The van der Waals surface area contributed by atoms with Gasteiger partial charge in [-0.25, -0.2) is 15.0 Å². The molecule has 0 spiro atoms. The number of thiophene rings is 1. The lowest BCUT2D eigenvalue weighted by Crippen LogP contribution is -2.31. The van der Waals surface area contributed by atoms with E-state index in [1.54, 1.807) is 29.3 Å². The van der Waals surface area contributed by atoms with Crippen molar-refractivity contribution < 1.29 is 15.0 Å². The van der Waals surface area contributed by atoms with Crippen LogP contribution in [0.3, 0.4) is 0 Å². The number of hydrogen-bond acceptors (Lipinski definition) is 8. The molecule has 144 valence electrons. The van der Waals surface area contributed by atoms with Crippen molar-refractivity contribution in [3.8, 4) is 11.8 Å². The zero-order chi connectivity index (χ0) is 19.8. The van der Waals surface area contributed by atoms with Crippen molar-refractivity contribution >= 4 is 34.1 Å². The minimum Gasteiger partial charge on any atom is -0.390 e. The number of nitrogens with zero attached hydrogens (tertiary/aromatic N) is 4. The Kier molecular flexibility index (Phi) is 4.85. The predicted molar refractivity (Wildman–Crippen MR) is 105 cm³/mol. The lowest BCUT2D eigenvalue weighted by atomic mass is 10.0. The molecule has 8 nitrogen and oxygen atoms in total. The highest BCUT2D eigenvalue weighted by Crippen LogP contribution is 2.37. The van der Waals surface area contributed by atoms with Gasteiger partial charge in [0.15, 0.2) is 17.0 Å². The number of aliphatic hydroxyl groups is 2. The Morgan fingerprint density at radius 3 is 2.79 bits per heavy atom. The number of carbonyl (C=O) groups is 1. The van der Waals surface area contributed by atoms with Crippen molar-refractivity contribution in [2.24, 2.45) is 5.92 Å². The lowest BCUT2D eigenvalue weighted by Gasteiger charge is -2.18. The third kappa shape index (κ3) is 3.16. The van der Waals surface area contributed by atoms with Gasteiger partial charge in [-0.15, -0.1) is 0 Å². The summed E-state index contributed by atoms with van der Waals surface area (Å²) in [6, 6.07) is 1.41. The maximum Gasteiger partial charge on any atom is 0.209 e. The fourth-order valence-electron chi connectivity index (χ4n) is 3.54. The van der Waals surface area contributed by atoms with Crippen molar-refractivity contribution in [1.82, 2.24) is 19.5 Å². The molecule has 0 aliphatic heterocycles. The molecular weight excluding hydrogens is 378 g/mol. The summed E-state index contributed by atoms with van der Waals surface area (Å²) in [5.41, 5.74) is 1.91. The van der Waals surface area contributed by atoms with Crippen LogP contribution < -0.4 is 5.32 Å². The van der Waals surface area contributed by atoms with Gasteiger partial charge in [-0.2, -0.15) is 11.3 Å². The number of rotatable bonds is 3. The van der Waals surface area contributed by atoms with E-state index in [1.165, 1.54) is 6.92 Å². The van der Waals surface area contributed by atoms with Crippen LogP contribution >= 0.6 is 11.3 Å². The fraction of sp³-hybridized carbons (Fsp3) is 0.368. The van der Waals surface area contributed by atoms with Crippen molar-refractivity contribution in [2.45, 2.75) is 31.6 Å². The molecule has 4 rings (SSSR count). The summed E-state index contributed by atoms with van der Waals surface area (Å²) in [7, 11) is 1.73. The van der Waals surface area contributed by atoms with E-state index in [9.17, 15) is 15.0 Å². The number of hydrogen-bond donors (Lipinski definition) is 3. The fourth-order valence-corrected chi connectivity index (χ4v) is 4.13. The van der Waals surface area contributed by atoms with Gasteiger partial charge >= 0.3 is 0 Å². The number of ketones is 1. The molecule has 3 N–H and O–H groups in total. The van der Waals surface area contributed by atoms with E-state index in [0.717, 1.165) is 5.56 Å². The Labute approximate surface area is 165 Å².